The molecule has 2 aromatic carbocycles. The molecule has 1 aliphatic rings. The summed E-state index contributed by atoms with van der Waals surface area (Å²) in [4.78, 5) is 14.8. The summed E-state index contributed by atoms with van der Waals surface area (Å²) in [6.45, 7) is 4.23. The van der Waals surface area contributed by atoms with E-state index in [1.54, 1.807) is 10.9 Å². The van der Waals surface area contributed by atoms with Gasteiger partial charge in [-0.1, -0.05) is 59.8 Å². The highest BCUT2D eigenvalue weighted by Gasteiger charge is 2.27. The number of nitrogens with zero attached hydrogens (tertiary/aromatic N) is 4. The summed E-state index contributed by atoms with van der Waals surface area (Å²) in [5.41, 5.74) is 4.13. The molecule has 4 rings (SSSR count). The van der Waals surface area contributed by atoms with Crippen molar-refractivity contribution >= 4 is 5.91 Å². The van der Waals surface area contributed by atoms with Crippen LogP contribution in [0.1, 0.15) is 45.9 Å². The topological polar surface area (TPSA) is 51.0 Å². The fourth-order valence-electron chi connectivity index (χ4n) is 3.76. The number of rotatable bonds is 4. The lowest BCUT2D eigenvalue weighted by atomic mass is 9.90. The summed E-state index contributed by atoms with van der Waals surface area (Å²) in [6, 6.07) is 18.7. The van der Waals surface area contributed by atoms with Crippen LogP contribution in [0.2, 0.25) is 0 Å². The SMILES string of the molecule is Cc1ccccc1Cn1cc(C(=O)N2CCC[C@H](c3ccccc3)C2)nn1. The lowest BCUT2D eigenvalue weighted by Gasteiger charge is -2.32. The summed E-state index contributed by atoms with van der Waals surface area (Å²) >= 11 is 0. The number of aryl methyl sites for hydroxylation is 1. The van der Waals surface area contributed by atoms with E-state index in [0.717, 1.165) is 25.9 Å². The molecule has 0 saturated carbocycles. The number of likely N-dealkylation sites (tertiary alicyclic amines) is 1. The van der Waals surface area contributed by atoms with Gasteiger partial charge in [-0.2, -0.15) is 0 Å². The molecular formula is C22H24N4O. The maximum Gasteiger partial charge on any atom is 0.276 e. The summed E-state index contributed by atoms with van der Waals surface area (Å²) in [5, 5.41) is 8.30. The van der Waals surface area contributed by atoms with E-state index in [2.05, 4.69) is 53.6 Å². The summed E-state index contributed by atoms with van der Waals surface area (Å²) < 4.78 is 1.74. The van der Waals surface area contributed by atoms with Crippen LogP contribution in [-0.4, -0.2) is 38.9 Å². The van der Waals surface area contributed by atoms with Crippen LogP contribution in [0.3, 0.4) is 0 Å². The van der Waals surface area contributed by atoms with Crippen molar-refractivity contribution in [2.24, 2.45) is 0 Å². The fourth-order valence-corrected chi connectivity index (χ4v) is 3.76. The Kier molecular flexibility index (Phi) is 5.01. The smallest absolute Gasteiger partial charge is 0.276 e. The van der Waals surface area contributed by atoms with E-state index in [-0.39, 0.29) is 5.91 Å². The van der Waals surface area contributed by atoms with Gasteiger partial charge >= 0.3 is 0 Å². The normalized spacial score (nSPS) is 17.1. The van der Waals surface area contributed by atoms with Crippen molar-refractivity contribution in [3.05, 3.63) is 83.2 Å². The second kappa shape index (κ2) is 7.74. The number of piperidine rings is 1. The number of carbonyl (C=O) groups is 1. The molecule has 1 aromatic heterocycles. The van der Waals surface area contributed by atoms with E-state index in [1.807, 2.05) is 23.1 Å². The van der Waals surface area contributed by atoms with Crippen LogP contribution < -0.4 is 0 Å². The van der Waals surface area contributed by atoms with Gasteiger partial charge in [-0.15, -0.1) is 5.10 Å². The maximum absolute atomic E-state index is 12.9. The number of hydrogen-bond acceptors (Lipinski definition) is 3. The second-order valence-electron chi connectivity index (χ2n) is 7.23. The van der Waals surface area contributed by atoms with Crippen LogP contribution in [0.25, 0.3) is 0 Å². The Bertz CT molecular complexity index is 919. The highest BCUT2D eigenvalue weighted by atomic mass is 16.2. The maximum atomic E-state index is 12.9. The molecule has 1 amide bonds. The number of aromatic nitrogens is 3. The molecule has 5 heteroatoms. The first-order chi connectivity index (χ1) is 13.2. The molecule has 138 valence electrons. The molecule has 0 N–H and O–H groups in total. The molecule has 0 spiro atoms. The van der Waals surface area contributed by atoms with E-state index >= 15 is 0 Å². The number of amides is 1. The molecule has 0 aliphatic carbocycles. The van der Waals surface area contributed by atoms with E-state index in [4.69, 9.17) is 0 Å². The first kappa shape index (κ1) is 17.5. The standard InChI is InChI=1S/C22H24N4O/c1-17-8-5-6-11-19(17)15-26-16-21(23-24-26)22(27)25-13-7-12-20(14-25)18-9-3-2-4-10-18/h2-6,8-11,16,20H,7,12-15H2,1H3/t20-/m0/s1. The van der Waals surface area contributed by atoms with E-state index < -0.39 is 0 Å². The third kappa shape index (κ3) is 3.92. The van der Waals surface area contributed by atoms with Crippen molar-refractivity contribution in [1.82, 2.24) is 19.9 Å². The molecule has 0 unspecified atom stereocenters. The second-order valence-corrected chi connectivity index (χ2v) is 7.23. The average molecular weight is 360 g/mol. The van der Waals surface area contributed by atoms with Gasteiger partial charge in [0.2, 0.25) is 0 Å². The molecule has 0 radical (unpaired) electrons. The van der Waals surface area contributed by atoms with Crippen molar-refractivity contribution in [2.75, 3.05) is 13.1 Å². The molecule has 1 saturated heterocycles. The number of benzene rings is 2. The predicted octanol–water partition coefficient (Wildman–Crippen LogP) is 3.65. The molecule has 2 heterocycles. The minimum atomic E-state index is -0.0216. The highest BCUT2D eigenvalue weighted by Crippen LogP contribution is 2.27. The largest absolute Gasteiger partial charge is 0.337 e. The van der Waals surface area contributed by atoms with Crippen LogP contribution >= 0.6 is 0 Å². The lowest BCUT2D eigenvalue weighted by Crippen LogP contribution is -2.39. The molecule has 5 nitrogen and oxygen atoms in total. The van der Waals surface area contributed by atoms with Gasteiger partial charge in [-0.25, -0.2) is 4.68 Å². The summed E-state index contributed by atoms with van der Waals surface area (Å²) in [5.74, 6) is 0.373. The first-order valence-corrected chi connectivity index (χ1v) is 9.49. The minimum absolute atomic E-state index is 0.0216. The zero-order chi connectivity index (χ0) is 18.6. The molecule has 0 bridgehead atoms. The monoisotopic (exact) mass is 360 g/mol. The Balaban J connectivity index is 1.45. The van der Waals surface area contributed by atoms with Crippen molar-refractivity contribution in [3.63, 3.8) is 0 Å². The summed E-state index contributed by atoms with van der Waals surface area (Å²) in [7, 11) is 0. The van der Waals surface area contributed by atoms with Crippen LogP contribution in [0, 0.1) is 6.92 Å². The quantitative estimate of drug-likeness (QED) is 0.713. The Labute approximate surface area is 159 Å². The highest BCUT2D eigenvalue weighted by molar-refractivity contribution is 5.92. The molecular weight excluding hydrogens is 336 g/mol. The van der Waals surface area contributed by atoms with Crippen molar-refractivity contribution in [1.29, 1.82) is 0 Å². The molecule has 27 heavy (non-hydrogen) atoms. The van der Waals surface area contributed by atoms with E-state index in [1.165, 1.54) is 16.7 Å². The van der Waals surface area contributed by atoms with Crippen LogP contribution in [0.5, 0.6) is 0 Å². The van der Waals surface area contributed by atoms with Gasteiger partial charge in [-0.05, 0) is 36.5 Å². The fraction of sp³-hybridized carbons (Fsp3) is 0.318. The number of carbonyl (C=O) groups excluding carboxylic acids is 1. The zero-order valence-electron chi connectivity index (χ0n) is 15.6. The van der Waals surface area contributed by atoms with E-state index in [0.29, 0.717) is 18.2 Å². The predicted molar refractivity (Wildman–Crippen MR) is 105 cm³/mol. The number of hydrogen-bond donors (Lipinski definition) is 0. The third-order valence-corrected chi connectivity index (χ3v) is 5.33. The molecule has 1 atom stereocenters. The molecule has 1 aliphatic heterocycles. The van der Waals surface area contributed by atoms with Crippen LogP contribution in [0.4, 0.5) is 0 Å². The van der Waals surface area contributed by atoms with Gasteiger partial charge < -0.3 is 4.90 Å². The first-order valence-electron chi connectivity index (χ1n) is 9.49. The summed E-state index contributed by atoms with van der Waals surface area (Å²) in [6.07, 6.45) is 3.90. The molecule has 1 fully saturated rings. The Morgan fingerprint density at radius 1 is 1.11 bits per heavy atom. The van der Waals surface area contributed by atoms with Crippen LogP contribution in [0.15, 0.2) is 60.8 Å². The van der Waals surface area contributed by atoms with Crippen LogP contribution in [-0.2, 0) is 6.54 Å². The molecule has 3 aromatic rings. The minimum Gasteiger partial charge on any atom is -0.337 e. The van der Waals surface area contributed by atoms with Crippen molar-refractivity contribution in [2.45, 2.75) is 32.2 Å². The van der Waals surface area contributed by atoms with Gasteiger partial charge in [0, 0.05) is 19.0 Å². The van der Waals surface area contributed by atoms with Crippen molar-refractivity contribution < 1.29 is 4.79 Å². The van der Waals surface area contributed by atoms with Gasteiger partial charge in [0.05, 0.1) is 12.7 Å². The van der Waals surface area contributed by atoms with Gasteiger partial charge in [0.25, 0.3) is 5.91 Å². The average Bonchev–Trinajstić information content (AvgIpc) is 3.18. The lowest BCUT2D eigenvalue weighted by molar-refractivity contribution is 0.0701. The Hall–Kier alpha value is -2.95. The Morgan fingerprint density at radius 3 is 2.70 bits per heavy atom. The van der Waals surface area contributed by atoms with Crippen molar-refractivity contribution in [3.8, 4) is 0 Å². The zero-order valence-corrected chi connectivity index (χ0v) is 15.6. The van der Waals surface area contributed by atoms with E-state index in [9.17, 15) is 4.79 Å². The Morgan fingerprint density at radius 2 is 1.89 bits per heavy atom. The van der Waals surface area contributed by atoms with Gasteiger partial charge in [0.15, 0.2) is 5.69 Å². The third-order valence-electron chi connectivity index (χ3n) is 5.33. The van der Waals surface area contributed by atoms with Gasteiger partial charge in [-0.3, -0.25) is 4.79 Å². The van der Waals surface area contributed by atoms with Gasteiger partial charge in [0.1, 0.15) is 0 Å².